The van der Waals surface area contributed by atoms with E-state index >= 15 is 0 Å². The molecule has 0 unspecified atom stereocenters. The molecule has 2 amide bonds. The van der Waals surface area contributed by atoms with Gasteiger partial charge in [0.2, 0.25) is 0 Å². The number of aliphatic imine (C=N–C) groups is 1. The molecule has 3 aromatic rings. The van der Waals surface area contributed by atoms with E-state index in [1.807, 2.05) is 52.6 Å². The molecule has 3 aliphatic heterocycles. The molecule has 2 aromatic carbocycles. The van der Waals surface area contributed by atoms with Gasteiger partial charge in [-0.15, -0.1) is 0 Å². The number of rotatable bonds is 4. The first-order valence-corrected chi connectivity index (χ1v) is 18.4. The number of likely N-dealkylation sites (tertiary alicyclic amines) is 2. The molecular formula is C41H52N6O4. The molecule has 2 saturated heterocycles. The summed E-state index contributed by atoms with van der Waals surface area (Å²) in [6.07, 6.45) is 8.98. The summed E-state index contributed by atoms with van der Waals surface area (Å²) in [6, 6.07) is 13.1. The minimum atomic E-state index is -0.552. The average Bonchev–Trinajstić information content (AvgIpc) is 3.83. The predicted molar refractivity (Wildman–Crippen MR) is 202 cm³/mol. The van der Waals surface area contributed by atoms with Crippen LogP contribution < -0.4 is 5.32 Å². The number of ether oxygens (including phenoxy) is 2. The highest BCUT2D eigenvalue weighted by Crippen LogP contribution is 2.41. The average molecular weight is 693 g/mol. The smallest absolute Gasteiger partial charge is 0.410 e. The van der Waals surface area contributed by atoms with Gasteiger partial charge in [0.1, 0.15) is 22.9 Å². The number of aryl methyl sites for hydroxylation is 1. The lowest BCUT2D eigenvalue weighted by atomic mass is 9.86. The standard InChI is InChI=1S/C41H52N6O4/c1-39(2,3)50-37(48)46-19-9-11-33(46)35-42-24-32(44-35)29-16-15-25-21-26(13-14-27(25)22-29)28-17-18-30-31(23-28)43-36(45-41(30,7)8)34-12-10-20-47(34)38(49)51-40(4,5)6/h13-14,17-18,21-24,33-34H,9-12,15-16,19-20H2,1-8H3,(H,42,44)(H,43,45)/t33-,34-/m0/s1. The minimum absolute atomic E-state index is 0.103. The number of carbonyl (C=O) groups is 2. The highest BCUT2D eigenvalue weighted by atomic mass is 16.6. The SMILES string of the molecule is CC(C)(C)OC(=O)N1CCC[C@H]1C1=NC(C)(C)c2ccc(-c3ccc4c(c3)CCC(c3cnc([C@@H]5CCCN5C(=O)OC(C)(C)C)[nH]3)=C4)cc2N1. The number of nitrogens with one attached hydrogen (secondary N) is 2. The number of benzene rings is 2. The topological polar surface area (TPSA) is 112 Å². The largest absolute Gasteiger partial charge is 0.444 e. The van der Waals surface area contributed by atoms with Crippen LogP contribution in [-0.4, -0.2) is 68.1 Å². The van der Waals surface area contributed by atoms with E-state index in [0.29, 0.717) is 13.1 Å². The molecule has 1 aliphatic carbocycles. The lowest BCUT2D eigenvalue weighted by molar-refractivity contribution is 0.0216. The molecule has 4 heterocycles. The summed E-state index contributed by atoms with van der Waals surface area (Å²) in [6.45, 7) is 17.0. The Morgan fingerprint density at radius 2 is 1.47 bits per heavy atom. The second-order valence-electron chi connectivity index (χ2n) is 16.9. The zero-order valence-electron chi connectivity index (χ0n) is 31.4. The van der Waals surface area contributed by atoms with Crippen LogP contribution in [0.4, 0.5) is 15.3 Å². The van der Waals surface area contributed by atoms with Crippen LogP contribution in [0.2, 0.25) is 0 Å². The molecule has 0 saturated carbocycles. The summed E-state index contributed by atoms with van der Waals surface area (Å²) in [5.41, 5.74) is 7.69. The third-order valence-electron chi connectivity index (χ3n) is 10.1. The number of H-pyrrole nitrogens is 1. The highest BCUT2D eigenvalue weighted by Gasteiger charge is 2.39. The Bertz CT molecular complexity index is 1910. The Labute approximate surface area is 301 Å². The van der Waals surface area contributed by atoms with Gasteiger partial charge in [0.25, 0.3) is 0 Å². The highest BCUT2D eigenvalue weighted by molar-refractivity contribution is 6.04. The monoisotopic (exact) mass is 692 g/mol. The number of aromatic amines is 1. The van der Waals surface area contributed by atoms with Crippen molar-refractivity contribution in [2.45, 2.75) is 123 Å². The first kappa shape index (κ1) is 34.8. The van der Waals surface area contributed by atoms with Gasteiger partial charge in [0, 0.05) is 24.3 Å². The fourth-order valence-electron chi connectivity index (χ4n) is 7.78. The van der Waals surface area contributed by atoms with E-state index in [9.17, 15) is 9.59 Å². The van der Waals surface area contributed by atoms with Crippen LogP contribution in [0.5, 0.6) is 0 Å². The zero-order chi connectivity index (χ0) is 36.3. The number of fused-ring (bicyclic) bond motifs is 2. The minimum Gasteiger partial charge on any atom is -0.444 e. The Morgan fingerprint density at radius 3 is 2.16 bits per heavy atom. The van der Waals surface area contributed by atoms with Crippen LogP contribution >= 0.6 is 0 Å². The fraction of sp³-hybridized carbons (Fsp3) is 0.512. The van der Waals surface area contributed by atoms with Crippen LogP contribution in [0.3, 0.4) is 0 Å². The zero-order valence-corrected chi connectivity index (χ0v) is 31.4. The maximum absolute atomic E-state index is 13.1. The van der Waals surface area contributed by atoms with Gasteiger partial charge in [-0.3, -0.25) is 14.8 Å². The van der Waals surface area contributed by atoms with Crippen LogP contribution in [0.25, 0.3) is 22.8 Å². The van der Waals surface area contributed by atoms with E-state index in [0.717, 1.165) is 72.7 Å². The van der Waals surface area contributed by atoms with Gasteiger partial charge in [-0.05, 0) is 134 Å². The van der Waals surface area contributed by atoms with Crippen molar-refractivity contribution in [1.29, 1.82) is 0 Å². The van der Waals surface area contributed by atoms with E-state index < -0.39 is 16.7 Å². The molecule has 2 atom stereocenters. The van der Waals surface area contributed by atoms with E-state index in [1.165, 1.54) is 22.3 Å². The van der Waals surface area contributed by atoms with Gasteiger partial charge >= 0.3 is 12.2 Å². The van der Waals surface area contributed by atoms with Crippen molar-refractivity contribution in [3.8, 4) is 11.1 Å². The molecular weight excluding hydrogens is 640 g/mol. The molecule has 0 radical (unpaired) electrons. The molecule has 1 aromatic heterocycles. The van der Waals surface area contributed by atoms with E-state index in [-0.39, 0.29) is 24.3 Å². The summed E-state index contributed by atoms with van der Waals surface area (Å²) in [7, 11) is 0. The number of amides is 2. The van der Waals surface area contributed by atoms with Gasteiger partial charge in [-0.25, -0.2) is 14.6 Å². The Morgan fingerprint density at radius 1 is 0.843 bits per heavy atom. The summed E-state index contributed by atoms with van der Waals surface area (Å²) >= 11 is 0. The number of carbonyl (C=O) groups excluding carboxylic acids is 2. The number of imidazole rings is 1. The van der Waals surface area contributed by atoms with Crippen LogP contribution in [0, 0.1) is 0 Å². The number of hydrogen-bond acceptors (Lipinski definition) is 7. The Balaban J connectivity index is 1.08. The van der Waals surface area contributed by atoms with Crippen molar-refractivity contribution in [2.24, 2.45) is 4.99 Å². The first-order valence-electron chi connectivity index (χ1n) is 18.4. The molecule has 0 spiro atoms. The number of amidine groups is 1. The lowest BCUT2D eigenvalue weighted by Gasteiger charge is -2.36. The Kier molecular flexibility index (Phi) is 8.79. The van der Waals surface area contributed by atoms with Crippen molar-refractivity contribution < 1.29 is 19.1 Å². The molecule has 10 heteroatoms. The van der Waals surface area contributed by atoms with Crippen molar-refractivity contribution >= 4 is 35.4 Å². The van der Waals surface area contributed by atoms with E-state index in [4.69, 9.17) is 19.5 Å². The summed E-state index contributed by atoms with van der Waals surface area (Å²) in [5.74, 6) is 1.64. The summed E-state index contributed by atoms with van der Waals surface area (Å²) < 4.78 is 11.4. The van der Waals surface area contributed by atoms with Gasteiger partial charge < -0.3 is 19.8 Å². The van der Waals surface area contributed by atoms with Crippen molar-refractivity contribution in [3.05, 3.63) is 70.8 Å². The van der Waals surface area contributed by atoms with Crippen molar-refractivity contribution in [1.82, 2.24) is 19.8 Å². The predicted octanol–water partition coefficient (Wildman–Crippen LogP) is 9.09. The number of anilines is 1. The van der Waals surface area contributed by atoms with Crippen molar-refractivity contribution in [2.75, 3.05) is 18.4 Å². The second-order valence-corrected chi connectivity index (χ2v) is 16.9. The second kappa shape index (κ2) is 12.9. The normalized spacial score (nSPS) is 21.3. The van der Waals surface area contributed by atoms with Gasteiger partial charge in [0.15, 0.2) is 0 Å². The van der Waals surface area contributed by atoms with Crippen LogP contribution in [0.1, 0.15) is 122 Å². The number of aromatic nitrogens is 2. The molecule has 2 N–H and O–H groups in total. The summed E-state index contributed by atoms with van der Waals surface area (Å²) in [4.78, 5) is 43.0. The van der Waals surface area contributed by atoms with Gasteiger partial charge in [-0.2, -0.15) is 0 Å². The van der Waals surface area contributed by atoms with Crippen LogP contribution in [0.15, 0.2) is 47.6 Å². The molecule has 7 rings (SSSR count). The van der Waals surface area contributed by atoms with E-state index in [2.05, 4.69) is 66.6 Å². The maximum atomic E-state index is 13.1. The number of nitrogens with zero attached hydrogens (tertiary/aromatic N) is 4. The Hall–Kier alpha value is -4.60. The molecule has 0 bridgehead atoms. The van der Waals surface area contributed by atoms with E-state index in [1.54, 1.807) is 4.90 Å². The lowest BCUT2D eigenvalue weighted by Crippen LogP contribution is -2.47. The molecule has 270 valence electrons. The molecule has 4 aliphatic rings. The quantitative estimate of drug-likeness (QED) is 0.282. The van der Waals surface area contributed by atoms with Crippen LogP contribution in [-0.2, 0) is 21.4 Å². The fourth-order valence-corrected chi connectivity index (χ4v) is 7.78. The molecule has 51 heavy (non-hydrogen) atoms. The number of hydrogen-bond donors (Lipinski definition) is 2. The molecule has 10 nitrogen and oxygen atoms in total. The van der Waals surface area contributed by atoms with Gasteiger partial charge in [0.05, 0.1) is 29.5 Å². The summed E-state index contributed by atoms with van der Waals surface area (Å²) in [5, 5.41) is 3.63. The molecule has 2 fully saturated rings. The van der Waals surface area contributed by atoms with Crippen molar-refractivity contribution in [3.63, 3.8) is 0 Å². The maximum Gasteiger partial charge on any atom is 0.410 e. The third kappa shape index (κ3) is 7.28. The number of allylic oxidation sites excluding steroid dienone is 1. The third-order valence-corrected chi connectivity index (χ3v) is 10.1. The van der Waals surface area contributed by atoms with Gasteiger partial charge in [-0.1, -0.05) is 30.3 Å². The first-order chi connectivity index (χ1) is 24.0.